The molecule has 1 saturated heterocycles. The van der Waals surface area contributed by atoms with Crippen LogP contribution in [-0.2, 0) is 0 Å². The minimum Gasteiger partial charge on any atom is -0.425 e. The van der Waals surface area contributed by atoms with Crippen LogP contribution in [0.4, 0.5) is 0 Å². The third kappa shape index (κ3) is 3.65. The summed E-state index contributed by atoms with van der Waals surface area (Å²) < 4.78 is 7.81. The number of amides is 1. The van der Waals surface area contributed by atoms with Crippen molar-refractivity contribution in [2.24, 2.45) is 0 Å². The highest BCUT2D eigenvalue weighted by Crippen LogP contribution is 2.29. The van der Waals surface area contributed by atoms with Crippen molar-refractivity contribution in [1.82, 2.24) is 19.7 Å². The zero-order valence-corrected chi connectivity index (χ0v) is 15.7. The molecule has 3 aromatic rings. The van der Waals surface area contributed by atoms with E-state index in [1.165, 1.54) is 0 Å². The molecule has 0 atom stereocenters. The fourth-order valence-corrected chi connectivity index (χ4v) is 3.44. The van der Waals surface area contributed by atoms with E-state index >= 15 is 0 Å². The molecule has 1 aliphatic heterocycles. The lowest BCUT2D eigenvalue weighted by molar-refractivity contribution is 0.0706. The lowest BCUT2D eigenvalue weighted by Crippen LogP contribution is -2.38. The van der Waals surface area contributed by atoms with E-state index in [4.69, 9.17) is 4.42 Å². The highest BCUT2D eigenvalue weighted by molar-refractivity contribution is 5.94. The molecule has 1 amide bonds. The van der Waals surface area contributed by atoms with Gasteiger partial charge in [0.05, 0.1) is 0 Å². The summed E-state index contributed by atoms with van der Waals surface area (Å²) in [5.74, 6) is 1.96. The number of rotatable bonds is 4. The Hall–Kier alpha value is -2.89. The molecule has 0 aliphatic carbocycles. The first kappa shape index (κ1) is 17.5. The van der Waals surface area contributed by atoms with Gasteiger partial charge in [-0.1, -0.05) is 13.8 Å². The topological polar surface area (TPSA) is 64.2 Å². The molecule has 1 fully saturated rings. The van der Waals surface area contributed by atoms with Crippen LogP contribution in [0.15, 0.2) is 53.2 Å². The van der Waals surface area contributed by atoms with Gasteiger partial charge in [0.15, 0.2) is 0 Å². The summed E-state index contributed by atoms with van der Waals surface area (Å²) >= 11 is 0. The van der Waals surface area contributed by atoms with Gasteiger partial charge in [-0.05, 0) is 49.2 Å². The molecule has 140 valence electrons. The van der Waals surface area contributed by atoms with E-state index in [2.05, 4.69) is 10.2 Å². The highest BCUT2D eigenvalue weighted by atomic mass is 16.4. The molecule has 2 aromatic heterocycles. The Morgan fingerprint density at radius 2 is 1.74 bits per heavy atom. The van der Waals surface area contributed by atoms with E-state index in [0.717, 1.165) is 24.1 Å². The van der Waals surface area contributed by atoms with Crippen molar-refractivity contribution in [2.45, 2.75) is 38.5 Å². The molecule has 1 aliphatic rings. The third-order valence-corrected chi connectivity index (χ3v) is 5.10. The second-order valence-corrected chi connectivity index (χ2v) is 7.34. The van der Waals surface area contributed by atoms with Crippen molar-refractivity contribution in [1.29, 1.82) is 0 Å². The molecular formula is C21H24N4O2. The first-order valence-corrected chi connectivity index (χ1v) is 9.48. The Balaban J connectivity index is 1.38. The number of aromatic nitrogens is 3. The monoisotopic (exact) mass is 364 g/mol. The zero-order valence-electron chi connectivity index (χ0n) is 15.7. The molecule has 0 spiro atoms. The Morgan fingerprint density at radius 3 is 2.33 bits per heavy atom. The number of hydrogen-bond donors (Lipinski definition) is 0. The molecule has 0 saturated carbocycles. The van der Waals surface area contributed by atoms with Crippen LogP contribution in [0.1, 0.15) is 60.7 Å². The third-order valence-electron chi connectivity index (χ3n) is 5.10. The second kappa shape index (κ2) is 7.39. The average molecular weight is 364 g/mol. The van der Waals surface area contributed by atoms with Gasteiger partial charge in [0, 0.05) is 48.6 Å². The lowest BCUT2D eigenvalue weighted by atomic mass is 9.96. The van der Waals surface area contributed by atoms with Gasteiger partial charge in [-0.3, -0.25) is 4.79 Å². The quantitative estimate of drug-likeness (QED) is 0.702. The van der Waals surface area contributed by atoms with Crippen LogP contribution < -0.4 is 0 Å². The first-order valence-electron chi connectivity index (χ1n) is 9.48. The Bertz CT molecular complexity index is 889. The molecule has 1 aromatic carbocycles. The smallest absolute Gasteiger partial charge is 0.253 e. The molecule has 0 N–H and O–H groups in total. The summed E-state index contributed by atoms with van der Waals surface area (Å²) in [6, 6.07) is 11.7. The number of hydrogen-bond acceptors (Lipinski definition) is 4. The first-order chi connectivity index (χ1) is 13.1. The summed E-state index contributed by atoms with van der Waals surface area (Å²) in [6.45, 7) is 5.50. The Kier molecular flexibility index (Phi) is 4.79. The van der Waals surface area contributed by atoms with Crippen molar-refractivity contribution < 1.29 is 9.21 Å². The maximum atomic E-state index is 12.8. The normalized spacial score (nSPS) is 15.4. The van der Waals surface area contributed by atoms with Crippen LogP contribution in [0.3, 0.4) is 0 Å². The molecule has 0 bridgehead atoms. The van der Waals surface area contributed by atoms with Gasteiger partial charge >= 0.3 is 0 Å². The minimum absolute atomic E-state index is 0.0842. The van der Waals surface area contributed by atoms with Gasteiger partial charge in [-0.15, -0.1) is 10.2 Å². The lowest BCUT2D eigenvalue weighted by Gasteiger charge is -2.30. The molecule has 6 nitrogen and oxygen atoms in total. The molecular weight excluding hydrogens is 340 g/mol. The van der Waals surface area contributed by atoms with Crippen LogP contribution in [-0.4, -0.2) is 38.7 Å². The fourth-order valence-electron chi connectivity index (χ4n) is 3.44. The zero-order chi connectivity index (χ0) is 18.8. The summed E-state index contributed by atoms with van der Waals surface area (Å²) in [7, 11) is 0. The van der Waals surface area contributed by atoms with Crippen molar-refractivity contribution >= 4 is 5.91 Å². The van der Waals surface area contributed by atoms with E-state index < -0.39 is 0 Å². The van der Waals surface area contributed by atoms with Gasteiger partial charge in [-0.2, -0.15) is 0 Å². The average Bonchev–Trinajstić information content (AvgIpc) is 3.40. The minimum atomic E-state index is 0.0842. The second-order valence-electron chi connectivity index (χ2n) is 7.34. The van der Waals surface area contributed by atoms with Gasteiger partial charge in [0.2, 0.25) is 11.8 Å². The molecule has 4 rings (SSSR count). The molecule has 0 unspecified atom stereocenters. The van der Waals surface area contributed by atoms with E-state index in [-0.39, 0.29) is 17.7 Å². The summed E-state index contributed by atoms with van der Waals surface area (Å²) in [6.07, 6.45) is 5.69. The van der Waals surface area contributed by atoms with Crippen molar-refractivity contribution in [3.63, 3.8) is 0 Å². The van der Waals surface area contributed by atoms with Crippen LogP contribution in [0.5, 0.6) is 0 Å². The van der Waals surface area contributed by atoms with Crippen molar-refractivity contribution in [3.05, 3.63) is 66.1 Å². The van der Waals surface area contributed by atoms with Crippen LogP contribution in [0.2, 0.25) is 0 Å². The van der Waals surface area contributed by atoms with E-state index in [9.17, 15) is 4.79 Å². The standard InChI is InChI=1S/C21H24N4O2/c1-15(2)19-22-23-20(27-19)16-9-13-25(14-10-16)21(26)17-5-7-18(8-6-17)24-11-3-4-12-24/h3-8,11-12,15-16H,9-10,13-14H2,1-2H3. The number of benzene rings is 1. The SMILES string of the molecule is CC(C)c1nnc(C2CCN(C(=O)c3ccc(-n4cccc4)cc3)CC2)o1. The number of nitrogens with zero attached hydrogens (tertiary/aromatic N) is 4. The maximum absolute atomic E-state index is 12.8. The number of carbonyl (C=O) groups excluding carboxylic acids is 1. The fraction of sp³-hybridized carbons (Fsp3) is 0.381. The molecule has 0 radical (unpaired) electrons. The number of likely N-dealkylation sites (tertiary alicyclic amines) is 1. The maximum Gasteiger partial charge on any atom is 0.253 e. The van der Waals surface area contributed by atoms with Gasteiger partial charge in [0.25, 0.3) is 5.91 Å². The predicted octanol–water partition coefficient (Wildman–Crippen LogP) is 4.00. The summed E-state index contributed by atoms with van der Waals surface area (Å²) in [4.78, 5) is 14.7. The van der Waals surface area contributed by atoms with Crippen molar-refractivity contribution in [2.75, 3.05) is 13.1 Å². The van der Waals surface area contributed by atoms with E-state index in [0.29, 0.717) is 24.9 Å². The number of carbonyl (C=O) groups is 1. The Morgan fingerprint density at radius 1 is 1.07 bits per heavy atom. The largest absolute Gasteiger partial charge is 0.425 e. The summed E-state index contributed by atoms with van der Waals surface area (Å²) in [5.41, 5.74) is 1.77. The van der Waals surface area contributed by atoms with Gasteiger partial charge in [-0.25, -0.2) is 0 Å². The molecule has 3 heterocycles. The van der Waals surface area contributed by atoms with Crippen molar-refractivity contribution in [3.8, 4) is 5.69 Å². The van der Waals surface area contributed by atoms with Crippen LogP contribution >= 0.6 is 0 Å². The predicted molar refractivity (Wildman–Crippen MR) is 102 cm³/mol. The van der Waals surface area contributed by atoms with Crippen LogP contribution in [0, 0.1) is 0 Å². The Labute approximate surface area is 158 Å². The highest BCUT2D eigenvalue weighted by Gasteiger charge is 2.28. The van der Waals surface area contributed by atoms with Crippen LogP contribution in [0.25, 0.3) is 5.69 Å². The van der Waals surface area contributed by atoms with Gasteiger partial charge in [0.1, 0.15) is 0 Å². The summed E-state index contributed by atoms with van der Waals surface area (Å²) in [5, 5.41) is 8.32. The van der Waals surface area contributed by atoms with E-state index in [1.54, 1.807) is 0 Å². The molecule has 6 heteroatoms. The number of piperidine rings is 1. The molecule has 27 heavy (non-hydrogen) atoms. The van der Waals surface area contributed by atoms with Gasteiger partial charge < -0.3 is 13.9 Å². The van der Waals surface area contributed by atoms with E-state index in [1.807, 2.05) is 72.1 Å².